The van der Waals surface area contributed by atoms with Crippen LogP contribution in [0, 0.1) is 0 Å². The number of ether oxygens (including phenoxy) is 1. The van der Waals surface area contributed by atoms with Crippen LogP contribution in [-0.4, -0.2) is 31.5 Å². The highest BCUT2D eigenvalue weighted by molar-refractivity contribution is 4.74. The average molecular weight is 197 g/mol. The van der Waals surface area contributed by atoms with Crippen LogP contribution in [0.1, 0.15) is 19.8 Å². The zero-order valence-electron chi connectivity index (χ0n) is 7.53. The van der Waals surface area contributed by atoms with Gasteiger partial charge in [-0.3, -0.25) is 0 Å². The average Bonchev–Trinajstić information content (AvgIpc) is 2.50. The molecule has 1 N–H and O–H groups in total. The van der Waals surface area contributed by atoms with Crippen LogP contribution in [0.5, 0.6) is 0 Å². The Hall–Kier alpha value is -0.290. The molecule has 1 saturated heterocycles. The quantitative estimate of drug-likeness (QED) is 0.743. The molecular formula is C8H14F3NO. The van der Waals surface area contributed by atoms with E-state index < -0.39 is 12.3 Å². The Kier molecular flexibility index (Phi) is 3.55. The van der Waals surface area contributed by atoms with Gasteiger partial charge in [0.15, 0.2) is 6.10 Å². The molecule has 0 spiro atoms. The maximum absolute atomic E-state index is 12.0. The smallest absolute Gasteiger partial charge is 0.367 e. The summed E-state index contributed by atoms with van der Waals surface area (Å²) in [5, 5.41) is 3.07. The highest BCUT2D eigenvalue weighted by Crippen LogP contribution is 2.22. The van der Waals surface area contributed by atoms with Crippen molar-refractivity contribution in [3.8, 4) is 0 Å². The van der Waals surface area contributed by atoms with Gasteiger partial charge in [0.25, 0.3) is 0 Å². The van der Waals surface area contributed by atoms with Crippen molar-refractivity contribution in [3.63, 3.8) is 0 Å². The summed E-state index contributed by atoms with van der Waals surface area (Å²) in [4.78, 5) is 0. The van der Waals surface area contributed by atoms with Gasteiger partial charge >= 0.3 is 6.18 Å². The molecule has 0 saturated carbocycles. The predicted molar refractivity (Wildman–Crippen MR) is 42.5 cm³/mol. The van der Waals surface area contributed by atoms with E-state index in [-0.39, 0.29) is 12.6 Å². The molecule has 0 bridgehead atoms. The Labute approximate surface area is 75.4 Å². The molecule has 1 fully saturated rings. The zero-order valence-corrected chi connectivity index (χ0v) is 7.53. The molecule has 0 aromatic heterocycles. The van der Waals surface area contributed by atoms with E-state index in [0.29, 0.717) is 0 Å². The second-order valence-corrected chi connectivity index (χ2v) is 3.31. The van der Waals surface area contributed by atoms with E-state index >= 15 is 0 Å². The lowest BCUT2D eigenvalue weighted by molar-refractivity contribution is -0.215. The van der Waals surface area contributed by atoms with Crippen molar-refractivity contribution >= 4 is 0 Å². The van der Waals surface area contributed by atoms with E-state index in [1.807, 2.05) is 0 Å². The Morgan fingerprint density at radius 1 is 1.54 bits per heavy atom. The normalized spacial score (nSPS) is 26.3. The van der Waals surface area contributed by atoms with Gasteiger partial charge in [-0.2, -0.15) is 13.2 Å². The SMILES string of the molecule is CC(OC[C@H]1CCCN1)C(F)(F)F. The van der Waals surface area contributed by atoms with Gasteiger partial charge in [0.2, 0.25) is 0 Å². The number of hydrogen-bond donors (Lipinski definition) is 1. The lowest BCUT2D eigenvalue weighted by Crippen LogP contribution is -2.34. The molecule has 0 radical (unpaired) electrons. The molecule has 2 nitrogen and oxygen atoms in total. The van der Waals surface area contributed by atoms with Crippen LogP contribution in [0.2, 0.25) is 0 Å². The van der Waals surface area contributed by atoms with E-state index in [4.69, 9.17) is 4.74 Å². The largest absolute Gasteiger partial charge is 0.414 e. The summed E-state index contributed by atoms with van der Waals surface area (Å²) in [6, 6.07) is 0.102. The molecule has 0 aromatic rings. The molecule has 1 unspecified atom stereocenters. The maximum Gasteiger partial charge on any atom is 0.414 e. The minimum absolute atomic E-state index is 0.102. The zero-order chi connectivity index (χ0) is 9.90. The summed E-state index contributed by atoms with van der Waals surface area (Å²) in [5.41, 5.74) is 0. The number of halogens is 3. The van der Waals surface area contributed by atoms with Gasteiger partial charge < -0.3 is 10.1 Å². The van der Waals surface area contributed by atoms with Crippen molar-refractivity contribution in [1.82, 2.24) is 5.32 Å². The molecule has 13 heavy (non-hydrogen) atoms. The van der Waals surface area contributed by atoms with Gasteiger partial charge in [-0.05, 0) is 26.3 Å². The second kappa shape index (κ2) is 4.28. The molecular weight excluding hydrogens is 183 g/mol. The molecule has 0 amide bonds. The summed E-state index contributed by atoms with van der Waals surface area (Å²) >= 11 is 0. The first-order valence-electron chi connectivity index (χ1n) is 4.42. The van der Waals surface area contributed by atoms with Gasteiger partial charge in [-0.1, -0.05) is 0 Å². The van der Waals surface area contributed by atoms with Crippen molar-refractivity contribution in [2.75, 3.05) is 13.2 Å². The van der Waals surface area contributed by atoms with E-state index in [1.54, 1.807) is 0 Å². The third-order valence-electron chi connectivity index (χ3n) is 2.17. The highest BCUT2D eigenvalue weighted by Gasteiger charge is 2.37. The molecule has 5 heteroatoms. The topological polar surface area (TPSA) is 21.3 Å². The Morgan fingerprint density at radius 3 is 2.69 bits per heavy atom. The first-order valence-corrected chi connectivity index (χ1v) is 4.42. The molecule has 1 aliphatic rings. The van der Waals surface area contributed by atoms with Crippen molar-refractivity contribution in [2.45, 2.75) is 38.1 Å². The van der Waals surface area contributed by atoms with E-state index in [9.17, 15) is 13.2 Å². The van der Waals surface area contributed by atoms with Gasteiger partial charge in [-0.15, -0.1) is 0 Å². The van der Waals surface area contributed by atoms with E-state index in [1.165, 1.54) is 0 Å². The fraction of sp³-hybridized carbons (Fsp3) is 1.00. The lowest BCUT2D eigenvalue weighted by Gasteiger charge is -2.18. The summed E-state index contributed by atoms with van der Waals surface area (Å²) in [6.45, 7) is 2.07. The third-order valence-corrected chi connectivity index (χ3v) is 2.17. The summed E-state index contributed by atoms with van der Waals surface area (Å²) in [5.74, 6) is 0. The molecule has 0 aromatic carbocycles. The fourth-order valence-electron chi connectivity index (χ4n) is 1.25. The number of rotatable bonds is 3. The highest BCUT2D eigenvalue weighted by atomic mass is 19.4. The monoisotopic (exact) mass is 197 g/mol. The number of alkyl halides is 3. The van der Waals surface area contributed by atoms with Crippen LogP contribution in [-0.2, 0) is 4.74 Å². The second-order valence-electron chi connectivity index (χ2n) is 3.31. The van der Waals surface area contributed by atoms with Gasteiger partial charge in [0, 0.05) is 6.04 Å². The first-order chi connectivity index (χ1) is 6.00. The Morgan fingerprint density at radius 2 is 2.23 bits per heavy atom. The molecule has 1 aliphatic heterocycles. The van der Waals surface area contributed by atoms with Gasteiger partial charge in [0.05, 0.1) is 6.61 Å². The van der Waals surface area contributed by atoms with Crippen LogP contribution >= 0.6 is 0 Å². The van der Waals surface area contributed by atoms with E-state index in [2.05, 4.69) is 5.32 Å². The first kappa shape index (κ1) is 10.8. The van der Waals surface area contributed by atoms with E-state index in [0.717, 1.165) is 26.3 Å². The van der Waals surface area contributed by atoms with Gasteiger partial charge in [-0.25, -0.2) is 0 Å². The van der Waals surface area contributed by atoms with Crippen molar-refractivity contribution in [3.05, 3.63) is 0 Å². The molecule has 2 atom stereocenters. The van der Waals surface area contributed by atoms with Crippen molar-refractivity contribution in [2.24, 2.45) is 0 Å². The predicted octanol–water partition coefficient (Wildman–Crippen LogP) is 1.71. The van der Waals surface area contributed by atoms with Crippen molar-refractivity contribution < 1.29 is 17.9 Å². The van der Waals surface area contributed by atoms with Crippen LogP contribution < -0.4 is 5.32 Å². The van der Waals surface area contributed by atoms with Crippen LogP contribution in [0.25, 0.3) is 0 Å². The molecule has 0 aliphatic carbocycles. The third kappa shape index (κ3) is 3.52. The molecule has 1 rings (SSSR count). The maximum atomic E-state index is 12.0. The number of nitrogens with one attached hydrogen (secondary N) is 1. The van der Waals surface area contributed by atoms with Crippen LogP contribution in [0.15, 0.2) is 0 Å². The Bertz CT molecular complexity index is 154. The van der Waals surface area contributed by atoms with Crippen LogP contribution in [0.4, 0.5) is 13.2 Å². The fourth-order valence-corrected chi connectivity index (χ4v) is 1.25. The summed E-state index contributed by atoms with van der Waals surface area (Å²) in [6.07, 6.45) is -3.97. The standard InChI is InChI=1S/C8H14F3NO/c1-6(8(9,10)11)13-5-7-3-2-4-12-7/h6-7,12H,2-5H2,1H3/t6?,7-/m1/s1. The van der Waals surface area contributed by atoms with Crippen molar-refractivity contribution in [1.29, 1.82) is 0 Å². The minimum Gasteiger partial charge on any atom is -0.367 e. The summed E-state index contributed by atoms with van der Waals surface area (Å²) < 4.78 is 40.6. The summed E-state index contributed by atoms with van der Waals surface area (Å²) in [7, 11) is 0. The Balaban J connectivity index is 2.17. The van der Waals surface area contributed by atoms with Gasteiger partial charge in [0.1, 0.15) is 0 Å². The lowest BCUT2D eigenvalue weighted by atomic mass is 10.2. The number of hydrogen-bond acceptors (Lipinski definition) is 2. The van der Waals surface area contributed by atoms with Crippen LogP contribution in [0.3, 0.4) is 0 Å². The minimum atomic E-state index is -4.24. The molecule has 78 valence electrons. The molecule has 1 heterocycles.